The van der Waals surface area contributed by atoms with Crippen LogP contribution in [0.5, 0.6) is 0 Å². The van der Waals surface area contributed by atoms with Gasteiger partial charge in [-0.25, -0.2) is 0 Å². The average Bonchev–Trinajstić information content (AvgIpc) is 2.76. The van der Waals surface area contributed by atoms with E-state index in [9.17, 15) is 0 Å². The number of hydrogen-bond acceptors (Lipinski definition) is 2. The Balaban J connectivity index is 1.78. The molecule has 1 heterocycles. The summed E-state index contributed by atoms with van der Waals surface area (Å²) in [6.45, 7) is 4.03. The van der Waals surface area contributed by atoms with Gasteiger partial charge in [-0.1, -0.05) is 22.0 Å². The van der Waals surface area contributed by atoms with E-state index in [1.165, 1.54) is 24.1 Å². The predicted molar refractivity (Wildman–Crippen MR) is 71.0 cm³/mol. The standard InChI is InChI=1S/C13H18BrNO/c1-10-4-5-11(9-13(10)14)15-7-6-12-3-2-8-16-12/h4-5,9,12,15H,2-3,6-8H2,1H3. The zero-order chi connectivity index (χ0) is 11.4. The molecule has 1 atom stereocenters. The third-order valence-electron chi connectivity index (χ3n) is 2.99. The first-order valence-corrected chi connectivity index (χ1v) is 6.66. The molecule has 3 heteroatoms. The average molecular weight is 284 g/mol. The molecule has 0 aromatic heterocycles. The maximum atomic E-state index is 5.58. The van der Waals surface area contributed by atoms with Crippen molar-refractivity contribution in [3.05, 3.63) is 28.2 Å². The lowest BCUT2D eigenvalue weighted by Gasteiger charge is -2.11. The maximum absolute atomic E-state index is 5.58. The summed E-state index contributed by atoms with van der Waals surface area (Å²) >= 11 is 3.54. The third kappa shape index (κ3) is 3.22. The SMILES string of the molecule is Cc1ccc(NCCC2CCCO2)cc1Br. The number of ether oxygens (including phenoxy) is 1. The van der Waals surface area contributed by atoms with Gasteiger partial charge in [-0.15, -0.1) is 0 Å². The summed E-state index contributed by atoms with van der Waals surface area (Å²) in [5.41, 5.74) is 2.44. The van der Waals surface area contributed by atoms with Crippen molar-refractivity contribution in [2.45, 2.75) is 32.3 Å². The molecule has 1 unspecified atom stereocenters. The number of anilines is 1. The molecule has 0 saturated carbocycles. The Bertz CT molecular complexity index is 348. The molecular weight excluding hydrogens is 266 g/mol. The first-order chi connectivity index (χ1) is 7.75. The molecular formula is C13H18BrNO. The molecule has 0 aliphatic carbocycles. The van der Waals surface area contributed by atoms with Crippen LogP contribution in [-0.2, 0) is 4.74 Å². The van der Waals surface area contributed by atoms with Crippen LogP contribution < -0.4 is 5.32 Å². The number of halogens is 1. The number of benzene rings is 1. The molecule has 1 aliphatic heterocycles. The molecule has 88 valence electrons. The maximum Gasteiger partial charge on any atom is 0.0592 e. The number of aryl methyl sites for hydroxylation is 1. The second-order valence-corrected chi connectivity index (χ2v) is 5.17. The zero-order valence-electron chi connectivity index (χ0n) is 9.63. The van der Waals surface area contributed by atoms with Crippen molar-refractivity contribution >= 4 is 21.6 Å². The van der Waals surface area contributed by atoms with Crippen LogP contribution in [0.3, 0.4) is 0 Å². The van der Waals surface area contributed by atoms with Crippen molar-refractivity contribution in [2.24, 2.45) is 0 Å². The minimum absolute atomic E-state index is 0.474. The monoisotopic (exact) mass is 283 g/mol. The number of rotatable bonds is 4. The highest BCUT2D eigenvalue weighted by Crippen LogP contribution is 2.21. The Kier molecular flexibility index (Phi) is 4.24. The Morgan fingerprint density at radius 3 is 3.06 bits per heavy atom. The summed E-state index contributed by atoms with van der Waals surface area (Å²) in [4.78, 5) is 0. The number of nitrogens with one attached hydrogen (secondary N) is 1. The van der Waals surface area contributed by atoms with Gasteiger partial charge in [0.1, 0.15) is 0 Å². The van der Waals surface area contributed by atoms with E-state index in [4.69, 9.17) is 4.74 Å². The van der Waals surface area contributed by atoms with Gasteiger partial charge in [0.15, 0.2) is 0 Å². The fourth-order valence-electron chi connectivity index (χ4n) is 1.95. The van der Waals surface area contributed by atoms with E-state index in [0.29, 0.717) is 6.10 Å². The summed E-state index contributed by atoms with van der Waals surface area (Å²) in [5, 5.41) is 3.43. The molecule has 16 heavy (non-hydrogen) atoms. The summed E-state index contributed by atoms with van der Waals surface area (Å²) in [7, 11) is 0. The summed E-state index contributed by atoms with van der Waals surface area (Å²) in [6.07, 6.45) is 4.02. The summed E-state index contributed by atoms with van der Waals surface area (Å²) in [6, 6.07) is 6.37. The molecule has 1 aliphatic rings. The van der Waals surface area contributed by atoms with E-state index in [0.717, 1.165) is 24.0 Å². The van der Waals surface area contributed by atoms with Gasteiger partial charge in [-0.2, -0.15) is 0 Å². The van der Waals surface area contributed by atoms with Crippen molar-refractivity contribution < 1.29 is 4.74 Å². The lowest BCUT2D eigenvalue weighted by atomic mass is 10.2. The quantitative estimate of drug-likeness (QED) is 0.909. The van der Waals surface area contributed by atoms with E-state index in [2.05, 4.69) is 46.4 Å². The second-order valence-electron chi connectivity index (χ2n) is 4.31. The second kappa shape index (κ2) is 5.69. The predicted octanol–water partition coefficient (Wildman–Crippen LogP) is 3.74. The summed E-state index contributed by atoms with van der Waals surface area (Å²) in [5.74, 6) is 0. The third-order valence-corrected chi connectivity index (χ3v) is 3.85. The van der Waals surface area contributed by atoms with Crippen LogP contribution in [-0.4, -0.2) is 19.3 Å². The molecule has 1 N–H and O–H groups in total. The van der Waals surface area contributed by atoms with E-state index in [1.807, 2.05) is 0 Å². The van der Waals surface area contributed by atoms with Crippen LogP contribution in [0.1, 0.15) is 24.8 Å². The minimum Gasteiger partial charge on any atom is -0.385 e. The van der Waals surface area contributed by atoms with Crippen molar-refractivity contribution in [2.75, 3.05) is 18.5 Å². The van der Waals surface area contributed by atoms with Crippen LogP contribution in [0.15, 0.2) is 22.7 Å². The molecule has 0 bridgehead atoms. The van der Waals surface area contributed by atoms with Gasteiger partial charge in [-0.3, -0.25) is 0 Å². The molecule has 1 aromatic rings. The Hall–Kier alpha value is -0.540. The van der Waals surface area contributed by atoms with Gasteiger partial charge in [0, 0.05) is 23.3 Å². The fraction of sp³-hybridized carbons (Fsp3) is 0.538. The van der Waals surface area contributed by atoms with Crippen LogP contribution in [0.4, 0.5) is 5.69 Å². The molecule has 2 rings (SSSR count). The van der Waals surface area contributed by atoms with E-state index < -0.39 is 0 Å². The smallest absolute Gasteiger partial charge is 0.0592 e. The van der Waals surface area contributed by atoms with Crippen LogP contribution in [0, 0.1) is 6.92 Å². The molecule has 2 nitrogen and oxygen atoms in total. The Morgan fingerprint density at radius 1 is 1.50 bits per heavy atom. The fourth-order valence-corrected chi connectivity index (χ4v) is 2.33. The lowest BCUT2D eigenvalue weighted by molar-refractivity contribution is 0.107. The van der Waals surface area contributed by atoms with Crippen molar-refractivity contribution in [1.82, 2.24) is 0 Å². The van der Waals surface area contributed by atoms with E-state index in [-0.39, 0.29) is 0 Å². The molecule has 1 saturated heterocycles. The van der Waals surface area contributed by atoms with Crippen LogP contribution in [0.2, 0.25) is 0 Å². The lowest BCUT2D eigenvalue weighted by Crippen LogP contribution is -2.12. The first-order valence-electron chi connectivity index (χ1n) is 5.87. The van der Waals surface area contributed by atoms with Crippen molar-refractivity contribution in [1.29, 1.82) is 0 Å². The van der Waals surface area contributed by atoms with E-state index >= 15 is 0 Å². The van der Waals surface area contributed by atoms with Gasteiger partial charge >= 0.3 is 0 Å². The van der Waals surface area contributed by atoms with Crippen molar-refractivity contribution in [3.63, 3.8) is 0 Å². The van der Waals surface area contributed by atoms with E-state index in [1.54, 1.807) is 0 Å². The number of hydrogen-bond donors (Lipinski definition) is 1. The normalized spacial score (nSPS) is 20.0. The van der Waals surface area contributed by atoms with Crippen molar-refractivity contribution in [3.8, 4) is 0 Å². The topological polar surface area (TPSA) is 21.3 Å². The van der Waals surface area contributed by atoms with Gasteiger partial charge in [0.05, 0.1) is 6.10 Å². The van der Waals surface area contributed by atoms with Gasteiger partial charge in [-0.05, 0) is 43.9 Å². The van der Waals surface area contributed by atoms with Gasteiger partial charge < -0.3 is 10.1 Å². The molecule has 1 aromatic carbocycles. The zero-order valence-corrected chi connectivity index (χ0v) is 11.2. The molecule has 1 fully saturated rings. The molecule has 0 amide bonds. The summed E-state index contributed by atoms with van der Waals surface area (Å²) < 4.78 is 6.75. The Morgan fingerprint density at radius 2 is 2.38 bits per heavy atom. The molecule has 0 radical (unpaired) electrons. The van der Waals surface area contributed by atoms with Gasteiger partial charge in [0.25, 0.3) is 0 Å². The van der Waals surface area contributed by atoms with Crippen LogP contribution >= 0.6 is 15.9 Å². The minimum atomic E-state index is 0.474. The van der Waals surface area contributed by atoms with Crippen LogP contribution in [0.25, 0.3) is 0 Å². The highest BCUT2D eigenvalue weighted by molar-refractivity contribution is 9.10. The highest BCUT2D eigenvalue weighted by atomic mass is 79.9. The molecule has 0 spiro atoms. The Labute approximate surface area is 106 Å². The van der Waals surface area contributed by atoms with Gasteiger partial charge in [0.2, 0.25) is 0 Å². The first kappa shape index (κ1) is 11.9. The largest absolute Gasteiger partial charge is 0.385 e. The highest BCUT2D eigenvalue weighted by Gasteiger charge is 2.14.